The molecule has 0 spiro atoms. The summed E-state index contributed by atoms with van der Waals surface area (Å²) in [4.78, 5) is 60.9. The number of hydrogen-bond acceptors (Lipinski definition) is 6. The number of aryl methyl sites for hydroxylation is 1. The molecular formula is C46H35BrN2O4S2. The first-order chi connectivity index (χ1) is 26.4. The van der Waals surface area contributed by atoms with Crippen molar-refractivity contribution in [2.24, 2.45) is 0 Å². The van der Waals surface area contributed by atoms with Crippen LogP contribution in [0.3, 0.4) is 0 Å². The molecule has 55 heavy (non-hydrogen) atoms. The Labute approximate surface area is 334 Å². The molecule has 0 unspecified atom stereocenters. The van der Waals surface area contributed by atoms with E-state index in [9.17, 15) is 14.4 Å². The van der Waals surface area contributed by atoms with Crippen LogP contribution >= 0.6 is 38.6 Å². The lowest BCUT2D eigenvalue weighted by Crippen LogP contribution is -2.42. The molecule has 0 saturated carbocycles. The van der Waals surface area contributed by atoms with Gasteiger partial charge in [0.25, 0.3) is 17.7 Å². The molecule has 272 valence electrons. The Bertz CT molecular complexity index is 2960. The first-order valence-corrected chi connectivity index (χ1v) is 20.7. The molecule has 8 aromatic rings. The number of thiophene rings is 2. The third-order valence-electron chi connectivity index (χ3n) is 11.1. The van der Waals surface area contributed by atoms with Crippen molar-refractivity contribution >= 4 is 111 Å². The van der Waals surface area contributed by atoms with Gasteiger partial charge in [-0.15, -0.1) is 22.7 Å². The molecule has 6 nitrogen and oxygen atoms in total. The number of nitrogens with one attached hydrogen (secondary N) is 1. The number of carbonyl (C=O) groups is 4. The topological polar surface area (TPSA) is 83.6 Å². The van der Waals surface area contributed by atoms with E-state index in [1.807, 2.05) is 61.5 Å². The summed E-state index contributed by atoms with van der Waals surface area (Å²) in [5, 5.41) is 9.07. The molecule has 1 aliphatic heterocycles. The van der Waals surface area contributed by atoms with Gasteiger partial charge in [-0.2, -0.15) is 0 Å². The number of hydrogen-bond donors (Lipinski definition) is 1. The number of imide groups is 1. The summed E-state index contributed by atoms with van der Waals surface area (Å²) in [5.41, 5.74) is 6.04. The molecule has 0 saturated heterocycles. The number of nitrogens with zero attached hydrogens (tertiary/aromatic N) is 1. The molecule has 6 aromatic carbocycles. The van der Waals surface area contributed by atoms with Crippen molar-refractivity contribution in [2.45, 2.75) is 46.5 Å². The fraction of sp³-hybridized carbons (Fsp3) is 0.174. The Morgan fingerprint density at radius 2 is 1.31 bits per heavy atom. The van der Waals surface area contributed by atoms with Crippen molar-refractivity contribution in [2.75, 3.05) is 11.9 Å². The molecule has 0 aliphatic carbocycles. The molecule has 3 heterocycles. The van der Waals surface area contributed by atoms with Crippen molar-refractivity contribution in [3.63, 3.8) is 0 Å². The quantitative estimate of drug-likeness (QED) is 0.0751. The summed E-state index contributed by atoms with van der Waals surface area (Å²) in [5.74, 6) is -0.845. The smallest absolute Gasteiger partial charge is 0.266 e. The van der Waals surface area contributed by atoms with Crippen LogP contribution in [0.4, 0.5) is 5.69 Å². The Morgan fingerprint density at radius 1 is 0.691 bits per heavy atom. The molecular weight excluding hydrogens is 789 g/mol. The average Bonchev–Trinajstić information content (AvgIpc) is 3.85. The molecule has 0 bridgehead atoms. The predicted octanol–water partition coefficient (Wildman–Crippen LogP) is 12.5. The summed E-state index contributed by atoms with van der Waals surface area (Å²) >= 11 is 6.91. The minimum absolute atomic E-state index is 0.0688. The second-order valence-corrected chi connectivity index (χ2v) is 18.4. The van der Waals surface area contributed by atoms with Gasteiger partial charge in [0.15, 0.2) is 6.29 Å². The zero-order valence-electron chi connectivity index (χ0n) is 31.0. The van der Waals surface area contributed by atoms with E-state index in [4.69, 9.17) is 0 Å². The highest BCUT2D eigenvalue weighted by Crippen LogP contribution is 2.52. The number of amides is 3. The molecule has 0 radical (unpaired) electrons. The fourth-order valence-corrected chi connectivity index (χ4v) is 11.2. The lowest BCUT2D eigenvalue weighted by molar-refractivity contribution is 0.0890. The van der Waals surface area contributed by atoms with Crippen molar-refractivity contribution in [1.29, 1.82) is 0 Å². The van der Waals surface area contributed by atoms with Crippen LogP contribution in [0.15, 0.2) is 82.6 Å². The van der Waals surface area contributed by atoms with E-state index in [2.05, 4.69) is 67.1 Å². The van der Waals surface area contributed by atoms with Crippen LogP contribution in [0.1, 0.15) is 97.7 Å². The highest BCUT2D eigenvalue weighted by molar-refractivity contribution is 9.11. The first-order valence-electron chi connectivity index (χ1n) is 18.2. The van der Waals surface area contributed by atoms with E-state index in [1.165, 1.54) is 4.90 Å². The lowest BCUT2D eigenvalue weighted by atomic mass is 9.80. The maximum Gasteiger partial charge on any atom is 0.266 e. The van der Waals surface area contributed by atoms with Gasteiger partial charge in [-0.3, -0.25) is 19.2 Å². The standard InChI is InChI=1S/C46H35BrN2O4S2/c1-21(2)25-8-7-9-26(22(3)4)43(25)49-45(52)29-13-12-27-37-23(5)18-31(44(51)48-6)38-24(20-50)10-11-28(41(37)38)39-30(19-32(46(49)53)40(29)42(27)39)33-14-15-34(54-33)35-16-17-36(47)55-35/h7-22H,1-6H3,(H,48,51). The summed E-state index contributed by atoms with van der Waals surface area (Å²) < 4.78 is 1.04. The van der Waals surface area contributed by atoms with Gasteiger partial charge in [0.1, 0.15) is 0 Å². The number of fused-ring (bicyclic) bond motifs is 2. The Morgan fingerprint density at radius 3 is 1.96 bits per heavy atom. The van der Waals surface area contributed by atoms with E-state index in [1.54, 1.807) is 35.8 Å². The second kappa shape index (κ2) is 12.9. The van der Waals surface area contributed by atoms with Gasteiger partial charge in [0.2, 0.25) is 0 Å². The molecule has 3 amide bonds. The van der Waals surface area contributed by atoms with E-state index in [0.29, 0.717) is 38.7 Å². The minimum atomic E-state index is -0.352. The third kappa shape index (κ3) is 5.09. The first kappa shape index (κ1) is 35.5. The van der Waals surface area contributed by atoms with E-state index < -0.39 is 0 Å². The maximum absolute atomic E-state index is 15.3. The second-order valence-electron chi connectivity index (χ2n) is 14.8. The van der Waals surface area contributed by atoms with Crippen LogP contribution in [-0.4, -0.2) is 31.1 Å². The normalized spacial score (nSPS) is 13.1. The molecule has 1 N–H and O–H groups in total. The Balaban J connectivity index is 1.46. The van der Waals surface area contributed by atoms with Gasteiger partial charge >= 0.3 is 0 Å². The van der Waals surface area contributed by atoms with E-state index in [0.717, 1.165) is 79.3 Å². The molecule has 0 atom stereocenters. The minimum Gasteiger partial charge on any atom is -0.355 e. The van der Waals surface area contributed by atoms with Crippen LogP contribution in [-0.2, 0) is 0 Å². The van der Waals surface area contributed by atoms with Crippen LogP contribution in [0.25, 0.3) is 63.3 Å². The summed E-state index contributed by atoms with van der Waals surface area (Å²) in [7, 11) is 1.59. The van der Waals surface area contributed by atoms with Gasteiger partial charge in [-0.05, 0) is 126 Å². The number of anilines is 1. The number of benzene rings is 6. The number of rotatable bonds is 7. The van der Waals surface area contributed by atoms with E-state index >= 15 is 4.79 Å². The highest BCUT2D eigenvalue weighted by Gasteiger charge is 2.39. The summed E-state index contributed by atoms with van der Waals surface area (Å²) in [6, 6.07) is 25.8. The number of aldehydes is 1. The molecule has 9 heteroatoms. The Kier molecular flexibility index (Phi) is 8.35. The van der Waals surface area contributed by atoms with Gasteiger partial charge in [-0.25, -0.2) is 4.90 Å². The lowest BCUT2D eigenvalue weighted by Gasteiger charge is -2.33. The molecule has 1 aliphatic rings. The molecule has 9 rings (SSSR count). The average molecular weight is 824 g/mol. The number of halogens is 1. The van der Waals surface area contributed by atoms with Crippen molar-refractivity contribution in [1.82, 2.24) is 5.32 Å². The highest BCUT2D eigenvalue weighted by atomic mass is 79.9. The van der Waals surface area contributed by atoms with Gasteiger partial charge < -0.3 is 5.32 Å². The molecule has 2 aromatic heterocycles. The zero-order chi connectivity index (χ0) is 38.6. The summed E-state index contributed by atoms with van der Waals surface area (Å²) in [6.45, 7) is 10.3. The van der Waals surface area contributed by atoms with Crippen molar-refractivity contribution in [3.8, 4) is 20.2 Å². The van der Waals surface area contributed by atoms with Crippen LogP contribution in [0, 0.1) is 6.92 Å². The largest absolute Gasteiger partial charge is 0.355 e. The number of carbonyl (C=O) groups excluding carboxylic acids is 4. The van der Waals surface area contributed by atoms with Crippen LogP contribution in [0.5, 0.6) is 0 Å². The van der Waals surface area contributed by atoms with Crippen LogP contribution in [0.2, 0.25) is 0 Å². The monoisotopic (exact) mass is 822 g/mol. The summed E-state index contributed by atoms with van der Waals surface area (Å²) in [6.07, 6.45) is 0.804. The van der Waals surface area contributed by atoms with Crippen molar-refractivity contribution < 1.29 is 19.2 Å². The van der Waals surface area contributed by atoms with Crippen molar-refractivity contribution in [3.05, 3.63) is 122 Å². The molecule has 0 fully saturated rings. The van der Waals surface area contributed by atoms with Crippen LogP contribution < -0.4 is 10.2 Å². The predicted molar refractivity (Wildman–Crippen MR) is 231 cm³/mol. The Hall–Kier alpha value is -5.22. The van der Waals surface area contributed by atoms with Gasteiger partial charge in [-0.1, -0.05) is 64.1 Å². The SMILES string of the molecule is CNC(=O)c1cc(C)c2c3ccc4c5c(cc(-c6ccc(-c7ccc(Br)s7)s6)c(c6ccc(C=O)c1c62)c53)C(=O)N(c1c(C(C)C)cccc1C(C)C)C4=O. The fourth-order valence-electron chi connectivity index (χ4n) is 8.66. The number of para-hydroxylation sites is 1. The van der Waals surface area contributed by atoms with Gasteiger partial charge in [0.05, 0.1) is 9.47 Å². The third-order valence-corrected chi connectivity index (χ3v) is 14.0. The zero-order valence-corrected chi connectivity index (χ0v) is 34.2. The van der Waals surface area contributed by atoms with Gasteiger partial charge in [0, 0.05) is 60.3 Å². The van der Waals surface area contributed by atoms with E-state index in [-0.39, 0.29) is 29.6 Å². The maximum atomic E-state index is 15.3.